The second kappa shape index (κ2) is 7.85. The first-order valence-electron chi connectivity index (χ1n) is 8.61. The number of aryl methyl sites for hydroxylation is 3. The third-order valence-electron chi connectivity index (χ3n) is 4.24. The molecular weight excluding hydrogens is 346 g/mol. The normalized spacial score (nSPS) is 11.6. The molecule has 2 aromatic carbocycles. The summed E-state index contributed by atoms with van der Waals surface area (Å²) in [7, 11) is -3.49. The van der Waals surface area contributed by atoms with Crippen molar-refractivity contribution in [2.24, 2.45) is 0 Å². The Balaban J connectivity index is 1.60. The first-order valence-corrected chi connectivity index (χ1v) is 10.1. The molecule has 0 aliphatic carbocycles. The predicted molar refractivity (Wildman–Crippen MR) is 103 cm³/mol. The van der Waals surface area contributed by atoms with Crippen molar-refractivity contribution in [1.82, 2.24) is 14.3 Å². The van der Waals surface area contributed by atoms with Gasteiger partial charge in [-0.15, -0.1) is 0 Å². The van der Waals surface area contributed by atoms with E-state index in [1.807, 2.05) is 67.1 Å². The molecule has 0 saturated carbocycles. The molecule has 0 amide bonds. The van der Waals surface area contributed by atoms with E-state index >= 15 is 0 Å². The lowest BCUT2D eigenvalue weighted by Gasteiger charge is -2.11. The Kier molecular flexibility index (Phi) is 5.54. The zero-order valence-corrected chi connectivity index (χ0v) is 15.8. The van der Waals surface area contributed by atoms with Gasteiger partial charge in [-0.05, 0) is 31.9 Å². The highest BCUT2D eigenvalue weighted by Crippen LogP contribution is 2.18. The smallest absolute Gasteiger partial charge is 0.240 e. The standard InChI is InChI=1S/C20H23N3O2S/c1-16-9-10-19(17(2)15-16)26(24,25)22-11-6-13-23-14-12-21-20(23)18-7-4-3-5-8-18/h3-5,7-10,12,14-15,22H,6,11,13H2,1-2H3. The van der Waals surface area contributed by atoms with E-state index in [4.69, 9.17) is 0 Å². The van der Waals surface area contributed by atoms with Crippen LogP contribution in [0.25, 0.3) is 11.4 Å². The van der Waals surface area contributed by atoms with Crippen LogP contribution in [0.2, 0.25) is 0 Å². The molecule has 136 valence electrons. The number of aromatic nitrogens is 2. The summed E-state index contributed by atoms with van der Waals surface area (Å²) in [4.78, 5) is 4.75. The lowest BCUT2D eigenvalue weighted by atomic mass is 10.2. The summed E-state index contributed by atoms with van der Waals surface area (Å²) in [6.07, 6.45) is 4.36. The molecule has 26 heavy (non-hydrogen) atoms. The van der Waals surface area contributed by atoms with Gasteiger partial charge in [-0.3, -0.25) is 0 Å². The van der Waals surface area contributed by atoms with Crippen molar-refractivity contribution in [2.45, 2.75) is 31.7 Å². The average molecular weight is 369 g/mol. The minimum Gasteiger partial charge on any atom is -0.331 e. The van der Waals surface area contributed by atoms with Crippen molar-refractivity contribution in [2.75, 3.05) is 6.54 Å². The summed E-state index contributed by atoms with van der Waals surface area (Å²) in [5, 5.41) is 0. The Hall–Kier alpha value is -2.44. The number of imidazole rings is 1. The van der Waals surface area contributed by atoms with E-state index < -0.39 is 10.0 Å². The van der Waals surface area contributed by atoms with Crippen LogP contribution >= 0.6 is 0 Å². The maximum absolute atomic E-state index is 12.5. The summed E-state index contributed by atoms with van der Waals surface area (Å²) in [5.74, 6) is 0.892. The Labute approximate surface area is 154 Å². The van der Waals surface area contributed by atoms with Gasteiger partial charge in [0.15, 0.2) is 0 Å². The summed E-state index contributed by atoms with van der Waals surface area (Å²) >= 11 is 0. The predicted octanol–water partition coefficient (Wildman–Crippen LogP) is 3.54. The van der Waals surface area contributed by atoms with Crippen molar-refractivity contribution in [3.8, 4) is 11.4 Å². The van der Waals surface area contributed by atoms with E-state index in [2.05, 4.69) is 9.71 Å². The summed E-state index contributed by atoms with van der Waals surface area (Å²) < 4.78 is 29.7. The van der Waals surface area contributed by atoms with Crippen molar-refractivity contribution >= 4 is 10.0 Å². The SMILES string of the molecule is Cc1ccc(S(=O)(=O)NCCCn2ccnc2-c2ccccc2)c(C)c1. The molecule has 0 saturated heterocycles. The quantitative estimate of drug-likeness (QED) is 0.648. The Morgan fingerprint density at radius 2 is 1.85 bits per heavy atom. The zero-order valence-electron chi connectivity index (χ0n) is 15.0. The molecule has 3 rings (SSSR count). The van der Waals surface area contributed by atoms with Gasteiger partial charge in [-0.25, -0.2) is 18.1 Å². The van der Waals surface area contributed by atoms with E-state index in [0.29, 0.717) is 24.4 Å². The van der Waals surface area contributed by atoms with Crippen molar-refractivity contribution in [3.05, 3.63) is 72.1 Å². The fourth-order valence-electron chi connectivity index (χ4n) is 2.97. The highest BCUT2D eigenvalue weighted by molar-refractivity contribution is 7.89. The van der Waals surface area contributed by atoms with Crippen molar-refractivity contribution in [3.63, 3.8) is 0 Å². The summed E-state index contributed by atoms with van der Waals surface area (Å²) in [6.45, 7) is 4.84. The Morgan fingerprint density at radius 3 is 2.58 bits per heavy atom. The van der Waals surface area contributed by atoms with Crippen molar-refractivity contribution in [1.29, 1.82) is 0 Å². The molecule has 1 N–H and O–H groups in total. The molecule has 6 heteroatoms. The van der Waals surface area contributed by atoms with Gasteiger partial charge in [0, 0.05) is 31.0 Å². The van der Waals surface area contributed by atoms with Crippen LogP contribution in [0.5, 0.6) is 0 Å². The van der Waals surface area contributed by atoms with Crippen LogP contribution in [0.15, 0.2) is 65.8 Å². The minimum atomic E-state index is -3.49. The van der Waals surface area contributed by atoms with Gasteiger partial charge in [-0.1, -0.05) is 48.0 Å². The Bertz CT molecular complexity index is 979. The number of sulfonamides is 1. The van der Waals surface area contributed by atoms with Crippen LogP contribution in [0.3, 0.4) is 0 Å². The van der Waals surface area contributed by atoms with Gasteiger partial charge in [-0.2, -0.15) is 0 Å². The molecule has 0 aliphatic rings. The van der Waals surface area contributed by atoms with E-state index in [0.717, 1.165) is 22.5 Å². The third-order valence-corrected chi connectivity index (χ3v) is 5.86. The summed E-state index contributed by atoms with van der Waals surface area (Å²) in [6, 6.07) is 15.3. The molecule has 0 spiro atoms. The molecule has 5 nitrogen and oxygen atoms in total. The molecule has 1 aromatic heterocycles. The molecule has 0 fully saturated rings. The van der Waals surface area contributed by atoms with Gasteiger partial charge < -0.3 is 4.57 Å². The number of rotatable bonds is 7. The van der Waals surface area contributed by atoms with E-state index in [1.54, 1.807) is 12.3 Å². The molecule has 0 bridgehead atoms. The molecule has 3 aromatic rings. The maximum atomic E-state index is 12.5. The fourth-order valence-corrected chi connectivity index (χ4v) is 4.27. The van der Waals surface area contributed by atoms with Crippen LogP contribution in [0, 0.1) is 13.8 Å². The second-order valence-corrected chi connectivity index (χ2v) is 8.07. The van der Waals surface area contributed by atoms with Gasteiger partial charge in [0.05, 0.1) is 4.90 Å². The van der Waals surface area contributed by atoms with Crippen LogP contribution in [-0.2, 0) is 16.6 Å². The van der Waals surface area contributed by atoms with Gasteiger partial charge in [0.2, 0.25) is 10.0 Å². The molecule has 0 radical (unpaired) electrons. The van der Waals surface area contributed by atoms with Crippen LogP contribution in [-0.4, -0.2) is 24.5 Å². The molecule has 0 unspecified atom stereocenters. The molecular formula is C20H23N3O2S. The van der Waals surface area contributed by atoms with Crippen molar-refractivity contribution < 1.29 is 8.42 Å². The minimum absolute atomic E-state index is 0.343. The van der Waals surface area contributed by atoms with Crippen LogP contribution in [0.4, 0.5) is 0 Å². The van der Waals surface area contributed by atoms with Crippen LogP contribution < -0.4 is 4.72 Å². The number of hydrogen-bond acceptors (Lipinski definition) is 3. The number of hydrogen-bond donors (Lipinski definition) is 1. The Morgan fingerprint density at radius 1 is 1.08 bits per heavy atom. The fraction of sp³-hybridized carbons (Fsp3) is 0.250. The average Bonchev–Trinajstić information content (AvgIpc) is 3.07. The maximum Gasteiger partial charge on any atom is 0.240 e. The molecule has 0 aliphatic heterocycles. The number of nitrogens with one attached hydrogen (secondary N) is 1. The van der Waals surface area contributed by atoms with Crippen LogP contribution in [0.1, 0.15) is 17.5 Å². The zero-order chi connectivity index (χ0) is 18.6. The highest BCUT2D eigenvalue weighted by Gasteiger charge is 2.16. The first kappa shape index (κ1) is 18.4. The van der Waals surface area contributed by atoms with Gasteiger partial charge in [0.1, 0.15) is 5.82 Å². The van der Waals surface area contributed by atoms with Gasteiger partial charge in [0.25, 0.3) is 0 Å². The summed E-state index contributed by atoms with van der Waals surface area (Å²) in [5.41, 5.74) is 2.86. The van der Waals surface area contributed by atoms with E-state index in [-0.39, 0.29) is 0 Å². The topological polar surface area (TPSA) is 64.0 Å². The van der Waals surface area contributed by atoms with E-state index in [1.165, 1.54) is 0 Å². The third kappa shape index (κ3) is 4.20. The largest absolute Gasteiger partial charge is 0.331 e. The monoisotopic (exact) mass is 369 g/mol. The number of benzene rings is 2. The first-order chi connectivity index (χ1) is 12.5. The lowest BCUT2D eigenvalue weighted by molar-refractivity contribution is 0.570. The number of nitrogens with zero attached hydrogens (tertiary/aromatic N) is 2. The van der Waals surface area contributed by atoms with E-state index in [9.17, 15) is 8.42 Å². The lowest BCUT2D eigenvalue weighted by Crippen LogP contribution is -2.26. The highest BCUT2D eigenvalue weighted by atomic mass is 32.2. The molecule has 1 heterocycles. The second-order valence-electron chi connectivity index (χ2n) is 6.33. The molecule has 0 atom stereocenters. The van der Waals surface area contributed by atoms with Gasteiger partial charge >= 0.3 is 0 Å².